The molecule has 3 aliphatic heterocycles. The highest BCUT2D eigenvalue weighted by Gasteiger charge is 2.35. The number of β-amino-alcohol motifs (C(OH)–C–C–N with tert-alkyl or cyclic N) is 1. The molecule has 0 saturated carbocycles. The highest BCUT2D eigenvalue weighted by atomic mass is 16.3. The number of carbonyl (C=O) groups is 1. The number of likely N-dealkylation sites (tertiary alicyclic amines) is 1. The molecule has 8 heteroatoms. The summed E-state index contributed by atoms with van der Waals surface area (Å²) in [7, 11) is 0. The van der Waals surface area contributed by atoms with E-state index in [2.05, 4.69) is 61.5 Å². The Morgan fingerprint density at radius 2 is 1.78 bits per heavy atom. The summed E-state index contributed by atoms with van der Waals surface area (Å²) in [6.45, 7) is 4.88. The first kappa shape index (κ1) is 23.9. The van der Waals surface area contributed by atoms with Crippen LogP contribution >= 0.6 is 0 Å². The Hall–Kier alpha value is -3.49. The fourth-order valence-corrected chi connectivity index (χ4v) is 5.94. The Morgan fingerprint density at radius 3 is 2.62 bits per heavy atom. The van der Waals surface area contributed by atoms with E-state index in [0.29, 0.717) is 24.6 Å². The van der Waals surface area contributed by atoms with E-state index in [0.717, 1.165) is 44.7 Å². The van der Waals surface area contributed by atoms with Crippen LogP contribution in [0.3, 0.4) is 0 Å². The number of aromatic nitrogens is 2. The topological polar surface area (TPSA) is 84.8 Å². The number of fused-ring (bicyclic) bond motifs is 1. The number of amides is 1. The van der Waals surface area contributed by atoms with Crippen LogP contribution < -0.4 is 10.2 Å². The molecule has 4 heterocycles. The standard InChI is InChI=1S/C29H34N6O2/c36-27-19-35(15-11-26(27)34-14-10-21-6-1-2-7-22(21)18-34)29(37)25-17-28(31-20-30-25)32-23-8-5-9-24(16-23)33-12-3-4-13-33/h1-2,5-9,16-17,20,26-27,36H,3-4,10-15,18-19H2,(H,30,31,32)/t26-,27-/m0/s1. The molecule has 37 heavy (non-hydrogen) atoms. The second-order valence-corrected chi connectivity index (χ2v) is 10.3. The number of hydrogen-bond acceptors (Lipinski definition) is 7. The lowest BCUT2D eigenvalue weighted by atomic mass is 9.94. The van der Waals surface area contributed by atoms with E-state index in [-0.39, 0.29) is 11.9 Å². The molecule has 0 bridgehead atoms. The maximum absolute atomic E-state index is 13.3. The maximum atomic E-state index is 13.3. The van der Waals surface area contributed by atoms with Crippen molar-refractivity contribution in [3.8, 4) is 0 Å². The number of nitrogens with zero attached hydrogens (tertiary/aromatic N) is 5. The molecule has 2 saturated heterocycles. The van der Waals surface area contributed by atoms with Gasteiger partial charge in [0, 0.05) is 62.8 Å². The Bertz CT molecular complexity index is 1260. The lowest BCUT2D eigenvalue weighted by molar-refractivity contribution is -0.0139. The summed E-state index contributed by atoms with van der Waals surface area (Å²) in [6.07, 6.45) is 5.04. The van der Waals surface area contributed by atoms with Crippen LogP contribution in [0.25, 0.3) is 0 Å². The first-order chi connectivity index (χ1) is 18.1. The van der Waals surface area contributed by atoms with Crippen molar-refractivity contribution in [3.63, 3.8) is 0 Å². The molecule has 0 aliphatic carbocycles. The van der Waals surface area contributed by atoms with Crippen LogP contribution in [-0.4, -0.2) is 75.7 Å². The minimum atomic E-state index is -0.587. The van der Waals surface area contributed by atoms with Gasteiger partial charge in [0.2, 0.25) is 0 Å². The molecule has 2 fully saturated rings. The van der Waals surface area contributed by atoms with Crippen LogP contribution in [0.15, 0.2) is 60.9 Å². The van der Waals surface area contributed by atoms with Gasteiger partial charge >= 0.3 is 0 Å². The number of nitrogens with one attached hydrogen (secondary N) is 1. The Balaban J connectivity index is 1.09. The van der Waals surface area contributed by atoms with E-state index < -0.39 is 6.10 Å². The van der Waals surface area contributed by atoms with Crippen molar-refractivity contribution in [2.45, 2.75) is 44.4 Å². The molecule has 0 unspecified atom stereocenters. The summed E-state index contributed by atoms with van der Waals surface area (Å²) in [4.78, 5) is 28.4. The molecular weight excluding hydrogens is 464 g/mol. The smallest absolute Gasteiger partial charge is 0.272 e. The number of rotatable bonds is 5. The average Bonchev–Trinajstić information content (AvgIpc) is 3.48. The Morgan fingerprint density at radius 1 is 0.946 bits per heavy atom. The predicted octanol–water partition coefficient (Wildman–Crippen LogP) is 3.45. The fourth-order valence-electron chi connectivity index (χ4n) is 5.94. The number of aliphatic hydroxyl groups is 1. The summed E-state index contributed by atoms with van der Waals surface area (Å²) in [5.41, 5.74) is 5.21. The molecule has 0 spiro atoms. The van der Waals surface area contributed by atoms with Gasteiger partial charge < -0.3 is 20.2 Å². The van der Waals surface area contributed by atoms with Crippen molar-refractivity contribution in [1.82, 2.24) is 19.8 Å². The average molecular weight is 499 g/mol. The number of anilines is 3. The van der Waals surface area contributed by atoms with Gasteiger partial charge in [-0.15, -0.1) is 0 Å². The van der Waals surface area contributed by atoms with Crippen molar-refractivity contribution in [3.05, 3.63) is 77.7 Å². The summed E-state index contributed by atoms with van der Waals surface area (Å²) in [5, 5.41) is 14.3. The number of hydrogen-bond donors (Lipinski definition) is 2. The second-order valence-electron chi connectivity index (χ2n) is 10.3. The van der Waals surface area contributed by atoms with Gasteiger partial charge in [0.25, 0.3) is 5.91 Å². The Kier molecular flexibility index (Phi) is 6.76. The van der Waals surface area contributed by atoms with Gasteiger partial charge in [-0.25, -0.2) is 9.97 Å². The summed E-state index contributed by atoms with van der Waals surface area (Å²) < 4.78 is 0. The van der Waals surface area contributed by atoms with Crippen LogP contribution in [0.1, 0.15) is 40.9 Å². The lowest BCUT2D eigenvalue weighted by Crippen LogP contribution is -2.56. The number of carbonyl (C=O) groups excluding carboxylic acids is 1. The molecule has 1 amide bonds. The van der Waals surface area contributed by atoms with Crippen molar-refractivity contribution in [2.24, 2.45) is 0 Å². The normalized spacial score (nSPS) is 22.1. The first-order valence-corrected chi connectivity index (χ1v) is 13.4. The van der Waals surface area contributed by atoms with E-state index in [1.165, 1.54) is 36.0 Å². The monoisotopic (exact) mass is 498 g/mol. The third-order valence-corrected chi connectivity index (χ3v) is 7.94. The molecule has 192 valence electrons. The number of aliphatic hydroxyl groups excluding tert-OH is 1. The summed E-state index contributed by atoms with van der Waals surface area (Å²) in [5.74, 6) is 0.414. The van der Waals surface area contributed by atoms with Gasteiger partial charge in [-0.1, -0.05) is 30.3 Å². The van der Waals surface area contributed by atoms with Gasteiger partial charge in [-0.05, 0) is 55.0 Å². The lowest BCUT2D eigenvalue weighted by Gasteiger charge is -2.43. The molecule has 2 atom stereocenters. The van der Waals surface area contributed by atoms with E-state index >= 15 is 0 Å². The van der Waals surface area contributed by atoms with Crippen LogP contribution in [0, 0.1) is 0 Å². The summed E-state index contributed by atoms with van der Waals surface area (Å²) >= 11 is 0. The fraction of sp³-hybridized carbons (Fsp3) is 0.414. The molecule has 8 nitrogen and oxygen atoms in total. The number of piperidine rings is 1. The molecule has 3 aliphatic rings. The molecule has 2 aromatic carbocycles. The third kappa shape index (κ3) is 5.17. The predicted molar refractivity (Wildman–Crippen MR) is 144 cm³/mol. The molecule has 0 radical (unpaired) electrons. The second kappa shape index (κ2) is 10.5. The van der Waals surface area contributed by atoms with Crippen LogP contribution in [0.4, 0.5) is 17.2 Å². The van der Waals surface area contributed by atoms with Crippen molar-refractivity contribution < 1.29 is 9.90 Å². The van der Waals surface area contributed by atoms with Crippen LogP contribution in [0.5, 0.6) is 0 Å². The van der Waals surface area contributed by atoms with Gasteiger partial charge in [-0.3, -0.25) is 9.69 Å². The van der Waals surface area contributed by atoms with Crippen LogP contribution in [-0.2, 0) is 13.0 Å². The third-order valence-electron chi connectivity index (χ3n) is 7.94. The summed E-state index contributed by atoms with van der Waals surface area (Å²) in [6, 6.07) is 18.6. The minimum Gasteiger partial charge on any atom is -0.390 e. The Labute approximate surface area is 217 Å². The minimum absolute atomic E-state index is 0.0583. The molecule has 1 aromatic heterocycles. The highest BCUT2D eigenvalue weighted by molar-refractivity contribution is 5.93. The quantitative estimate of drug-likeness (QED) is 0.557. The van der Waals surface area contributed by atoms with Gasteiger partial charge in [0.15, 0.2) is 0 Å². The maximum Gasteiger partial charge on any atom is 0.272 e. The zero-order chi connectivity index (χ0) is 25.2. The van der Waals surface area contributed by atoms with Gasteiger partial charge in [0.05, 0.1) is 6.10 Å². The van der Waals surface area contributed by atoms with Crippen LogP contribution in [0.2, 0.25) is 0 Å². The molecular formula is C29H34N6O2. The SMILES string of the molecule is O=C(c1cc(Nc2cccc(N3CCCC3)c2)ncn1)N1CC[C@H](N2CCc3ccccc3C2)[C@@H](O)C1. The van der Waals surface area contributed by atoms with E-state index in [9.17, 15) is 9.90 Å². The van der Waals surface area contributed by atoms with Gasteiger partial charge in [0.1, 0.15) is 17.8 Å². The highest BCUT2D eigenvalue weighted by Crippen LogP contribution is 2.27. The van der Waals surface area contributed by atoms with Crippen molar-refractivity contribution >= 4 is 23.1 Å². The zero-order valence-electron chi connectivity index (χ0n) is 21.1. The zero-order valence-corrected chi connectivity index (χ0v) is 21.1. The van der Waals surface area contributed by atoms with Crippen molar-refractivity contribution in [2.75, 3.05) is 42.9 Å². The largest absolute Gasteiger partial charge is 0.390 e. The van der Waals surface area contributed by atoms with Gasteiger partial charge in [-0.2, -0.15) is 0 Å². The van der Waals surface area contributed by atoms with E-state index in [1.54, 1.807) is 11.0 Å². The van der Waals surface area contributed by atoms with E-state index in [1.807, 2.05) is 12.1 Å². The van der Waals surface area contributed by atoms with E-state index in [4.69, 9.17) is 0 Å². The molecule has 6 rings (SSSR count). The number of benzene rings is 2. The van der Waals surface area contributed by atoms with Crippen molar-refractivity contribution in [1.29, 1.82) is 0 Å². The molecule has 2 N–H and O–H groups in total. The molecule has 3 aromatic rings. The first-order valence-electron chi connectivity index (χ1n) is 13.4.